The summed E-state index contributed by atoms with van der Waals surface area (Å²) in [6, 6.07) is 0. The van der Waals surface area contributed by atoms with Gasteiger partial charge in [0.25, 0.3) is 10.1 Å². The monoisotopic (exact) mass is 480 g/mol. The quantitative estimate of drug-likeness (QED) is 0.0695. The zero-order valence-electron chi connectivity index (χ0n) is 19.3. The molecular formula is C20H41NaO7S2. The Hall–Kier alpha value is 0.520. The van der Waals surface area contributed by atoms with Crippen molar-refractivity contribution in [3.8, 4) is 0 Å². The smallest absolute Gasteiger partial charge is 0.726 e. The molecule has 0 rings (SSSR count). The molecule has 10 heteroatoms. The molecule has 0 aromatic carbocycles. The molecule has 0 aromatic heterocycles. The normalized spacial score (nSPS) is 11.3. The SMILES string of the molecule is C=CCS(=O)(=O)OCCCCC.CCCCCCCCCCCCOS(=O)(=O)[O-].[Na+]. The third-order valence-electron chi connectivity index (χ3n) is 4.06. The summed E-state index contributed by atoms with van der Waals surface area (Å²) in [6.07, 6.45) is 15.9. The van der Waals surface area contributed by atoms with Crippen LogP contribution in [0.2, 0.25) is 0 Å². The minimum atomic E-state index is -4.48. The van der Waals surface area contributed by atoms with E-state index >= 15 is 0 Å². The van der Waals surface area contributed by atoms with Crippen molar-refractivity contribution in [2.75, 3.05) is 19.0 Å². The van der Waals surface area contributed by atoms with Crippen molar-refractivity contribution >= 4 is 20.5 Å². The van der Waals surface area contributed by atoms with Gasteiger partial charge in [-0.05, 0) is 12.8 Å². The molecule has 0 aliphatic heterocycles. The first kappa shape index (κ1) is 35.1. The minimum absolute atomic E-state index is 0. The van der Waals surface area contributed by atoms with Gasteiger partial charge in [-0.15, -0.1) is 6.58 Å². The summed E-state index contributed by atoms with van der Waals surface area (Å²) in [5.74, 6) is -0.0981. The molecule has 0 N–H and O–H groups in total. The van der Waals surface area contributed by atoms with E-state index < -0.39 is 20.5 Å². The summed E-state index contributed by atoms with van der Waals surface area (Å²) in [5.41, 5.74) is 0. The van der Waals surface area contributed by atoms with Gasteiger partial charge in [0, 0.05) is 0 Å². The Kier molecular flexibility index (Phi) is 28.3. The predicted molar refractivity (Wildman–Crippen MR) is 117 cm³/mol. The van der Waals surface area contributed by atoms with Crippen molar-refractivity contribution in [1.29, 1.82) is 0 Å². The summed E-state index contributed by atoms with van der Waals surface area (Å²) in [7, 11) is -7.81. The van der Waals surface area contributed by atoms with Crippen LogP contribution in [-0.4, -0.2) is 40.4 Å². The second-order valence-electron chi connectivity index (χ2n) is 6.95. The van der Waals surface area contributed by atoms with Gasteiger partial charge in [-0.2, -0.15) is 8.42 Å². The van der Waals surface area contributed by atoms with E-state index in [1.165, 1.54) is 51.0 Å². The van der Waals surface area contributed by atoms with E-state index in [1.807, 2.05) is 0 Å². The molecule has 0 radical (unpaired) electrons. The Labute approximate surface area is 207 Å². The number of hydrogen-bond acceptors (Lipinski definition) is 7. The number of rotatable bonds is 19. The van der Waals surface area contributed by atoms with Gasteiger partial charge in [-0.3, -0.25) is 8.37 Å². The van der Waals surface area contributed by atoms with Crippen LogP contribution in [0.15, 0.2) is 12.7 Å². The first-order valence-corrected chi connectivity index (χ1v) is 13.7. The van der Waals surface area contributed by atoms with Crippen molar-refractivity contribution in [2.24, 2.45) is 0 Å². The van der Waals surface area contributed by atoms with Gasteiger partial charge in [0.1, 0.15) is 0 Å². The van der Waals surface area contributed by atoms with Crippen LogP contribution in [0.25, 0.3) is 0 Å². The van der Waals surface area contributed by atoms with Crippen molar-refractivity contribution in [2.45, 2.75) is 97.3 Å². The molecule has 30 heavy (non-hydrogen) atoms. The van der Waals surface area contributed by atoms with E-state index in [0.29, 0.717) is 13.0 Å². The topological polar surface area (TPSA) is 110 Å². The first-order valence-electron chi connectivity index (χ1n) is 10.8. The molecule has 0 aromatic rings. The van der Waals surface area contributed by atoms with Crippen LogP contribution in [0.1, 0.15) is 97.3 Å². The molecule has 0 saturated carbocycles. The molecule has 0 amide bonds. The number of unbranched alkanes of at least 4 members (excludes halogenated alkanes) is 11. The molecule has 7 nitrogen and oxygen atoms in total. The molecule has 0 saturated heterocycles. The Balaban J connectivity index is -0.000000497. The Morgan fingerprint density at radius 1 is 0.700 bits per heavy atom. The zero-order valence-corrected chi connectivity index (χ0v) is 22.9. The molecular weight excluding hydrogens is 439 g/mol. The van der Waals surface area contributed by atoms with E-state index in [-0.39, 0.29) is 41.9 Å². The summed E-state index contributed by atoms with van der Waals surface area (Å²) in [6.45, 7) is 7.92. The maximum atomic E-state index is 10.9. The molecule has 0 bridgehead atoms. The number of hydrogen-bond donors (Lipinski definition) is 0. The van der Waals surface area contributed by atoms with Gasteiger partial charge in [-0.1, -0.05) is 90.6 Å². The van der Waals surface area contributed by atoms with Crippen LogP contribution in [0.4, 0.5) is 0 Å². The molecule has 0 aliphatic carbocycles. The average molecular weight is 481 g/mol. The molecule has 176 valence electrons. The summed E-state index contributed by atoms with van der Waals surface area (Å²) < 4.78 is 60.9. The van der Waals surface area contributed by atoms with Crippen LogP contribution in [0, 0.1) is 0 Å². The third kappa shape index (κ3) is 33.2. The standard InChI is InChI=1S/C12H26O4S.C8H16O3S.Na/c1-2-3-4-5-6-7-8-9-10-11-12-16-17(13,14)15;1-3-5-6-7-11-12(9,10)8-4-2;/h2-12H2,1H3,(H,13,14,15);4H,2-3,5-8H2,1H3;/q;;+1/p-1. The Bertz CT molecular complexity index is 564. The Morgan fingerprint density at radius 2 is 1.07 bits per heavy atom. The van der Waals surface area contributed by atoms with Crippen molar-refractivity contribution in [1.82, 2.24) is 0 Å². The maximum Gasteiger partial charge on any atom is 1.00 e. The minimum Gasteiger partial charge on any atom is -0.726 e. The van der Waals surface area contributed by atoms with Gasteiger partial charge < -0.3 is 4.55 Å². The zero-order chi connectivity index (χ0) is 22.4. The van der Waals surface area contributed by atoms with Crippen LogP contribution in [0.5, 0.6) is 0 Å². The maximum absolute atomic E-state index is 10.9. The van der Waals surface area contributed by atoms with E-state index in [1.54, 1.807) is 0 Å². The molecule has 0 spiro atoms. The molecule has 0 aliphatic rings. The van der Waals surface area contributed by atoms with E-state index in [4.69, 9.17) is 0 Å². The summed E-state index contributed by atoms with van der Waals surface area (Å²) in [4.78, 5) is 0. The van der Waals surface area contributed by atoms with Gasteiger partial charge >= 0.3 is 29.6 Å². The molecule has 0 heterocycles. The van der Waals surface area contributed by atoms with E-state index in [2.05, 4.69) is 28.8 Å². The summed E-state index contributed by atoms with van der Waals surface area (Å²) in [5, 5.41) is 0. The van der Waals surface area contributed by atoms with Crippen molar-refractivity contribution in [3.05, 3.63) is 12.7 Å². The third-order valence-corrected chi connectivity index (χ3v) is 5.68. The fourth-order valence-electron chi connectivity index (χ4n) is 2.48. The predicted octanol–water partition coefficient (Wildman–Crippen LogP) is 2.10. The van der Waals surface area contributed by atoms with Gasteiger partial charge in [0.2, 0.25) is 10.4 Å². The van der Waals surface area contributed by atoms with Gasteiger partial charge in [0.15, 0.2) is 0 Å². The fourth-order valence-corrected chi connectivity index (χ4v) is 3.56. The van der Waals surface area contributed by atoms with Crippen LogP contribution in [-0.2, 0) is 28.9 Å². The fraction of sp³-hybridized carbons (Fsp3) is 0.900. The molecule has 0 atom stereocenters. The van der Waals surface area contributed by atoms with Gasteiger partial charge in [-0.25, -0.2) is 8.42 Å². The van der Waals surface area contributed by atoms with Crippen LogP contribution in [0.3, 0.4) is 0 Å². The van der Waals surface area contributed by atoms with Crippen LogP contribution >= 0.6 is 0 Å². The Morgan fingerprint density at radius 3 is 1.50 bits per heavy atom. The van der Waals surface area contributed by atoms with Gasteiger partial charge in [0.05, 0.1) is 19.0 Å². The molecule has 0 fully saturated rings. The molecule has 0 unspecified atom stereocenters. The second kappa shape index (κ2) is 24.2. The summed E-state index contributed by atoms with van der Waals surface area (Å²) >= 11 is 0. The van der Waals surface area contributed by atoms with E-state index in [0.717, 1.165) is 32.1 Å². The largest absolute Gasteiger partial charge is 1.00 e. The first-order chi connectivity index (χ1) is 13.7. The second-order valence-corrected chi connectivity index (χ2v) is 9.69. The van der Waals surface area contributed by atoms with Crippen molar-refractivity contribution in [3.63, 3.8) is 0 Å². The van der Waals surface area contributed by atoms with Crippen molar-refractivity contribution < 1.29 is 59.3 Å². The van der Waals surface area contributed by atoms with E-state index in [9.17, 15) is 21.4 Å². The average Bonchev–Trinajstić information content (AvgIpc) is 2.63. The van der Waals surface area contributed by atoms with Crippen LogP contribution < -0.4 is 29.6 Å².